The molecule has 2 rings (SSSR count). The molecule has 0 spiro atoms. The van der Waals surface area contributed by atoms with Gasteiger partial charge in [0.05, 0.1) is 12.3 Å². The quantitative estimate of drug-likeness (QED) is 0.697. The fraction of sp³-hybridized carbons (Fsp3) is 0.556. The van der Waals surface area contributed by atoms with Crippen molar-refractivity contribution in [1.82, 2.24) is 9.97 Å². The predicted molar refractivity (Wildman–Crippen MR) is 49.2 cm³/mol. The molecule has 4 heteroatoms. The summed E-state index contributed by atoms with van der Waals surface area (Å²) in [6, 6.07) is 1.91. The molecule has 0 amide bonds. The largest absolute Gasteiger partial charge is 0.381 e. The molecule has 2 N–H and O–H groups in total. The maximum absolute atomic E-state index is 5.50. The first-order valence-corrected chi connectivity index (χ1v) is 4.52. The number of anilines is 1. The summed E-state index contributed by atoms with van der Waals surface area (Å²) >= 11 is 0. The zero-order valence-corrected chi connectivity index (χ0v) is 7.44. The van der Waals surface area contributed by atoms with Crippen LogP contribution in [0.4, 0.5) is 5.95 Å². The Morgan fingerprint density at radius 1 is 1.54 bits per heavy atom. The van der Waals surface area contributed by atoms with Crippen molar-refractivity contribution in [2.75, 3.05) is 18.9 Å². The third-order valence-corrected chi connectivity index (χ3v) is 2.27. The predicted octanol–water partition coefficient (Wildman–Crippen LogP) is 0.953. The van der Waals surface area contributed by atoms with Gasteiger partial charge in [-0.25, -0.2) is 9.97 Å². The van der Waals surface area contributed by atoms with Gasteiger partial charge in [0.1, 0.15) is 0 Å². The molecule has 1 saturated heterocycles. The van der Waals surface area contributed by atoms with E-state index >= 15 is 0 Å². The third kappa shape index (κ3) is 1.95. The van der Waals surface area contributed by atoms with Gasteiger partial charge in [0.15, 0.2) is 0 Å². The van der Waals surface area contributed by atoms with E-state index < -0.39 is 0 Å². The van der Waals surface area contributed by atoms with Crippen LogP contribution in [0.15, 0.2) is 12.3 Å². The summed E-state index contributed by atoms with van der Waals surface area (Å²) in [5.74, 6) is 0.752. The van der Waals surface area contributed by atoms with Gasteiger partial charge in [0.2, 0.25) is 5.95 Å². The molecule has 70 valence electrons. The second kappa shape index (κ2) is 3.70. The van der Waals surface area contributed by atoms with Crippen LogP contribution in [-0.4, -0.2) is 23.2 Å². The number of rotatable bonds is 1. The van der Waals surface area contributed by atoms with Gasteiger partial charge in [0, 0.05) is 18.7 Å². The maximum Gasteiger partial charge on any atom is 0.220 e. The second-order valence-electron chi connectivity index (χ2n) is 3.25. The molecule has 13 heavy (non-hydrogen) atoms. The summed E-state index contributed by atoms with van der Waals surface area (Å²) < 4.78 is 5.38. The number of nitrogens with zero attached hydrogens (tertiary/aromatic N) is 2. The van der Waals surface area contributed by atoms with Crippen molar-refractivity contribution in [3.8, 4) is 0 Å². The Kier molecular flexibility index (Phi) is 2.40. The number of hydrogen-bond acceptors (Lipinski definition) is 4. The molecule has 2 heterocycles. The Morgan fingerprint density at radius 3 is 3.15 bits per heavy atom. The lowest BCUT2D eigenvalue weighted by molar-refractivity contribution is 0.0793. The summed E-state index contributed by atoms with van der Waals surface area (Å²) in [5.41, 5.74) is 6.51. The van der Waals surface area contributed by atoms with Gasteiger partial charge in [-0.15, -0.1) is 0 Å². The zero-order valence-electron chi connectivity index (χ0n) is 7.44. The maximum atomic E-state index is 5.50. The fourth-order valence-corrected chi connectivity index (χ4v) is 1.59. The summed E-state index contributed by atoms with van der Waals surface area (Å²) in [6.07, 6.45) is 3.94. The molecule has 0 aliphatic carbocycles. The van der Waals surface area contributed by atoms with Gasteiger partial charge in [-0.1, -0.05) is 0 Å². The lowest BCUT2D eigenvalue weighted by Crippen LogP contribution is -2.17. The lowest BCUT2D eigenvalue weighted by atomic mass is 9.98. The molecule has 1 unspecified atom stereocenters. The van der Waals surface area contributed by atoms with Crippen LogP contribution in [-0.2, 0) is 4.74 Å². The molecule has 0 aromatic carbocycles. The minimum absolute atomic E-state index is 0.350. The molecule has 0 radical (unpaired) electrons. The number of nitrogens with two attached hydrogens (primary N) is 1. The highest BCUT2D eigenvalue weighted by molar-refractivity contribution is 5.19. The number of hydrogen-bond donors (Lipinski definition) is 1. The van der Waals surface area contributed by atoms with Gasteiger partial charge in [-0.05, 0) is 18.9 Å². The van der Waals surface area contributed by atoms with Crippen molar-refractivity contribution >= 4 is 5.95 Å². The van der Waals surface area contributed by atoms with Crippen molar-refractivity contribution in [3.05, 3.63) is 18.0 Å². The van der Waals surface area contributed by atoms with Crippen LogP contribution in [0.5, 0.6) is 0 Å². The average Bonchev–Trinajstić information content (AvgIpc) is 2.19. The van der Waals surface area contributed by atoms with E-state index in [0.29, 0.717) is 11.9 Å². The monoisotopic (exact) mass is 179 g/mol. The lowest BCUT2D eigenvalue weighted by Gasteiger charge is -2.21. The summed E-state index contributed by atoms with van der Waals surface area (Å²) in [7, 11) is 0. The average molecular weight is 179 g/mol. The molecule has 1 fully saturated rings. The fourth-order valence-electron chi connectivity index (χ4n) is 1.59. The van der Waals surface area contributed by atoms with Gasteiger partial charge in [0.25, 0.3) is 0 Å². The molecule has 1 aromatic heterocycles. The highest BCUT2D eigenvalue weighted by atomic mass is 16.5. The molecular weight excluding hydrogens is 166 g/mol. The first-order valence-electron chi connectivity index (χ1n) is 4.52. The summed E-state index contributed by atoms with van der Waals surface area (Å²) in [5, 5.41) is 0. The van der Waals surface area contributed by atoms with Gasteiger partial charge >= 0.3 is 0 Å². The van der Waals surface area contributed by atoms with Gasteiger partial charge in [-0.2, -0.15) is 0 Å². The van der Waals surface area contributed by atoms with E-state index in [4.69, 9.17) is 10.5 Å². The Balaban J connectivity index is 2.14. The van der Waals surface area contributed by atoms with Crippen LogP contribution in [0.2, 0.25) is 0 Å². The van der Waals surface area contributed by atoms with E-state index in [1.165, 1.54) is 0 Å². The second-order valence-corrected chi connectivity index (χ2v) is 3.25. The molecule has 1 aromatic rings. The molecule has 0 bridgehead atoms. The third-order valence-electron chi connectivity index (χ3n) is 2.27. The van der Waals surface area contributed by atoms with Crippen LogP contribution in [0.1, 0.15) is 24.5 Å². The Hall–Kier alpha value is -1.16. The minimum atomic E-state index is 0.350. The Labute approximate surface area is 77.1 Å². The molecule has 4 nitrogen and oxygen atoms in total. The van der Waals surface area contributed by atoms with Crippen molar-refractivity contribution in [2.24, 2.45) is 0 Å². The normalized spacial score (nSPS) is 22.9. The molecule has 1 atom stereocenters. The highest BCUT2D eigenvalue weighted by Gasteiger charge is 2.17. The topological polar surface area (TPSA) is 61.0 Å². The zero-order chi connectivity index (χ0) is 9.10. The first-order chi connectivity index (χ1) is 6.36. The van der Waals surface area contributed by atoms with E-state index in [1.54, 1.807) is 6.20 Å². The van der Waals surface area contributed by atoms with Gasteiger partial charge < -0.3 is 10.5 Å². The van der Waals surface area contributed by atoms with E-state index in [2.05, 4.69) is 9.97 Å². The van der Waals surface area contributed by atoms with E-state index in [-0.39, 0.29) is 0 Å². The Bertz CT molecular complexity index is 284. The van der Waals surface area contributed by atoms with Crippen molar-refractivity contribution in [3.63, 3.8) is 0 Å². The van der Waals surface area contributed by atoms with E-state index in [0.717, 1.165) is 31.7 Å². The number of ether oxygens (including phenoxy) is 1. The molecule has 1 aliphatic rings. The molecular formula is C9H13N3O. The first kappa shape index (κ1) is 8.44. The van der Waals surface area contributed by atoms with Crippen LogP contribution in [0, 0.1) is 0 Å². The molecule has 0 saturated carbocycles. The van der Waals surface area contributed by atoms with Crippen molar-refractivity contribution in [2.45, 2.75) is 18.8 Å². The molecule has 1 aliphatic heterocycles. The Morgan fingerprint density at radius 2 is 2.46 bits per heavy atom. The highest BCUT2D eigenvalue weighted by Crippen LogP contribution is 2.23. The summed E-state index contributed by atoms with van der Waals surface area (Å²) in [4.78, 5) is 8.04. The number of nitrogen functional groups attached to an aromatic ring is 1. The van der Waals surface area contributed by atoms with Crippen LogP contribution < -0.4 is 5.73 Å². The van der Waals surface area contributed by atoms with E-state index in [1.807, 2.05) is 6.07 Å². The van der Waals surface area contributed by atoms with Crippen LogP contribution >= 0.6 is 0 Å². The standard InChI is InChI=1S/C9H13N3O/c10-9-11-4-3-8(12-9)7-2-1-5-13-6-7/h3-4,7H,1-2,5-6H2,(H2,10,11,12). The van der Waals surface area contributed by atoms with Crippen LogP contribution in [0.3, 0.4) is 0 Å². The SMILES string of the molecule is Nc1nccc(C2CCCOC2)n1. The van der Waals surface area contributed by atoms with Crippen molar-refractivity contribution in [1.29, 1.82) is 0 Å². The number of aromatic nitrogens is 2. The van der Waals surface area contributed by atoms with Crippen LogP contribution in [0.25, 0.3) is 0 Å². The van der Waals surface area contributed by atoms with Crippen molar-refractivity contribution < 1.29 is 4.74 Å². The summed E-state index contributed by atoms with van der Waals surface area (Å²) in [6.45, 7) is 1.63. The van der Waals surface area contributed by atoms with Gasteiger partial charge in [-0.3, -0.25) is 0 Å². The van der Waals surface area contributed by atoms with E-state index in [9.17, 15) is 0 Å². The minimum Gasteiger partial charge on any atom is -0.381 e. The smallest absolute Gasteiger partial charge is 0.220 e.